The molecule has 1 aromatic rings. The third kappa shape index (κ3) is 5.85. The molecule has 0 saturated carbocycles. The molecule has 1 rings (SSSR count). The zero-order valence-electron chi connectivity index (χ0n) is 11.3. The zero-order valence-corrected chi connectivity index (χ0v) is 12.9. The average Bonchev–Trinajstić information content (AvgIpc) is 2.31. The Morgan fingerprint density at radius 1 is 1.47 bits per heavy atom. The lowest BCUT2D eigenvalue weighted by Crippen LogP contribution is -2.31. The summed E-state index contributed by atoms with van der Waals surface area (Å²) >= 11 is 10.7. The van der Waals surface area contributed by atoms with Crippen molar-refractivity contribution in [1.82, 2.24) is 4.90 Å². The zero-order chi connectivity index (χ0) is 14.4. The predicted molar refractivity (Wildman–Crippen MR) is 82.9 cm³/mol. The standard InChI is InChI=1S/C14H20ClFN2S/c1-10(2)8-18(7-6-13(17)19)9-11-4-3-5-12(15)14(11)16/h3-5,10H,6-9H2,1-2H3,(H2,17,19). The van der Waals surface area contributed by atoms with Gasteiger partial charge in [0.25, 0.3) is 0 Å². The molecule has 0 amide bonds. The van der Waals surface area contributed by atoms with Gasteiger partial charge < -0.3 is 5.73 Å². The van der Waals surface area contributed by atoms with Crippen LogP contribution in [0.4, 0.5) is 4.39 Å². The van der Waals surface area contributed by atoms with Crippen LogP contribution in [-0.2, 0) is 6.54 Å². The highest BCUT2D eigenvalue weighted by Crippen LogP contribution is 2.19. The maximum atomic E-state index is 13.9. The Kier molecular flexibility index (Phi) is 6.69. The molecule has 0 heterocycles. The van der Waals surface area contributed by atoms with Gasteiger partial charge in [-0.15, -0.1) is 0 Å². The van der Waals surface area contributed by atoms with Crippen molar-refractivity contribution in [2.75, 3.05) is 13.1 Å². The number of nitrogens with zero attached hydrogens (tertiary/aromatic N) is 1. The maximum absolute atomic E-state index is 13.9. The molecule has 0 unspecified atom stereocenters. The quantitative estimate of drug-likeness (QED) is 0.780. The lowest BCUT2D eigenvalue weighted by molar-refractivity contribution is 0.239. The summed E-state index contributed by atoms with van der Waals surface area (Å²) in [5, 5.41) is 0.163. The summed E-state index contributed by atoms with van der Waals surface area (Å²) in [6, 6.07) is 5.08. The number of nitrogens with two attached hydrogens (primary N) is 1. The number of benzene rings is 1. The topological polar surface area (TPSA) is 29.3 Å². The van der Waals surface area contributed by atoms with Crippen LogP contribution < -0.4 is 5.73 Å². The summed E-state index contributed by atoms with van der Waals surface area (Å²) in [7, 11) is 0. The molecule has 0 aliphatic heterocycles. The molecule has 1 aromatic carbocycles. The largest absolute Gasteiger partial charge is 0.393 e. The second kappa shape index (κ2) is 7.78. The van der Waals surface area contributed by atoms with Gasteiger partial charge in [0, 0.05) is 31.6 Å². The molecule has 0 atom stereocenters. The van der Waals surface area contributed by atoms with Gasteiger partial charge in [0.05, 0.1) is 10.0 Å². The molecule has 19 heavy (non-hydrogen) atoms. The number of hydrogen-bond donors (Lipinski definition) is 1. The summed E-state index contributed by atoms with van der Waals surface area (Å²) in [5.74, 6) is 0.154. The van der Waals surface area contributed by atoms with Gasteiger partial charge in [-0.05, 0) is 12.0 Å². The third-order valence-corrected chi connectivity index (χ3v) is 3.22. The molecule has 0 aliphatic carbocycles. The highest BCUT2D eigenvalue weighted by atomic mass is 35.5. The first-order valence-corrected chi connectivity index (χ1v) is 7.12. The van der Waals surface area contributed by atoms with Crippen molar-refractivity contribution in [3.8, 4) is 0 Å². The highest BCUT2D eigenvalue weighted by molar-refractivity contribution is 7.80. The Morgan fingerprint density at radius 2 is 2.16 bits per heavy atom. The van der Waals surface area contributed by atoms with Gasteiger partial charge in [-0.1, -0.05) is 49.8 Å². The summed E-state index contributed by atoms with van der Waals surface area (Å²) in [6.07, 6.45) is 0.643. The van der Waals surface area contributed by atoms with E-state index in [0.717, 1.165) is 13.1 Å². The SMILES string of the molecule is CC(C)CN(CCC(N)=S)Cc1cccc(Cl)c1F. The van der Waals surface area contributed by atoms with Gasteiger partial charge in [0.15, 0.2) is 0 Å². The highest BCUT2D eigenvalue weighted by Gasteiger charge is 2.13. The molecule has 5 heteroatoms. The maximum Gasteiger partial charge on any atom is 0.146 e. The van der Waals surface area contributed by atoms with Crippen LogP contribution >= 0.6 is 23.8 Å². The van der Waals surface area contributed by atoms with Gasteiger partial charge in [0.2, 0.25) is 0 Å². The number of thiocarbonyl (C=S) groups is 1. The summed E-state index contributed by atoms with van der Waals surface area (Å²) in [5.41, 5.74) is 6.14. The van der Waals surface area contributed by atoms with E-state index in [9.17, 15) is 4.39 Å². The Morgan fingerprint density at radius 3 is 2.74 bits per heavy atom. The number of halogens is 2. The lowest BCUT2D eigenvalue weighted by atomic mass is 10.1. The van der Waals surface area contributed by atoms with Crippen molar-refractivity contribution in [2.24, 2.45) is 11.7 Å². The van der Waals surface area contributed by atoms with Crippen LogP contribution in [0.5, 0.6) is 0 Å². The number of hydrogen-bond acceptors (Lipinski definition) is 2. The Labute approximate surface area is 124 Å². The van der Waals surface area contributed by atoms with Gasteiger partial charge in [-0.3, -0.25) is 4.90 Å². The lowest BCUT2D eigenvalue weighted by Gasteiger charge is -2.24. The molecule has 0 spiro atoms. The summed E-state index contributed by atoms with van der Waals surface area (Å²) in [4.78, 5) is 2.64. The van der Waals surface area contributed by atoms with Crippen molar-refractivity contribution >= 4 is 28.8 Å². The van der Waals surface area contributed by atoms with Crippen LogP contribution in [0.25, 0.3) is 0 Å². The van der Waals surface area contributed by atoms with E-state index in [4.69, 9.17) is 29.6 Å². The molecular formula is C14H20ClFN2S. The van der Waals surface area contributed by atoms with E-state index in [0.29, 0.717) is 29.4 Å². The normalized spacial score (nSPS) is 11.3. The van der Waals surface area contributed by atoms with Crippen LogP contribution in [-0.4, -0.2) is 23.0 Å². The third-order valence-electron chi connectivity index (χ3n) is 2.72. The van der Waals surface area contributed by atoms with Crippen LogP contribution in [0.1, 0.15) is 25.8 Å². The second-order valence-corrected chi connectivity index (χ2v) is 5.99. The van der Waals surface area contributed by atoms with E-state index >= 15 is 0 Å². The van der Waals surface area contributed by atoms with Crippen molar-refractivity contribution in [1.29, 1.82) is 0 Å². The Bertz CT molecular complexity index is 437. The van der Waals surface area contributed by atoms with Gasteiger partial charge >= 0.3 is 0 Å². The van der Waals surface area contributed by atoms with Crippen molar-refractivity contribution < 1.29 is 4.39 Å². The van der Waals surface area contributed by atoms with E-state index in [-0.39, 0.29) is 10.8 Å². The molecule has 106 valence electrons. The first kappa shape index (κ1) is 16.3. The molecule has 0 radical (unpaired) electrons. The molecule has 2 nitrogen and oxygen atoms in total. The van der Waals surface area contributed by atoms with Crippen LogP contribution in [0.3, 0.4) is 0 Å². The van der Waals surface area contributed by atoms with E-state index in [2.05, 4.69) is 18.7 Å². The van der Waals surface area contributed by atoms with Crippen LogP contribution in [0, 0.1) is 11.7 Å². The minimum Gasteiger partial charge on any atom is -0.393 e. The molecule has 0 saturated heterocycles. The van der Waals surface area contributed by atoms with Crippen LogP contribution in [0.2, 0.25) is 5.02 Å². The van der Waals surface area contributed by atoms with Gasteiger partial charge in [0.1, 0.15) is 5.82 Å². The summed E-state index contributed by atoms with van der Waals surface area (Å²) in [6.45, 7) is 6.38. The van der Waals surface area contributed by atoms with Gasteiger partial charge in [-0.25, -0.2) is 4.39 Å². The van der Waals surface area contributed by atoms with E-state index in [1.165, 1.54) is 0 Å². The monoisotopic (exact) mass is 302 g/mol. The summed E-state index contributed by atoms with van der Waals surface area (Å²) < 4.78 is 13.9. The molecule has 0 bridgehead atoms. The fourth-order valence-corrected chi connectivity index (χ4v) is 2.22. The average molecular weight is 303 g/mol. The Balaban J connectivity index is 2.75. The predicted octanol–water partition coefficient (Wildman–Crippen LogP) is 3.61. The van der Waals surface area contributed by atoms with Gasteiger partial charge in [-0.2, -0.15) is 0 Å². The van der Waals surface area contributed by atoms with Crippen molar-refractivity contribution in [3.05, 3.63) is 34.6 Å². The molecular weight excluding hydrogens is 283 g/mol. The van der Waals surface area contributed by atoms with E-state index < -0.39 is 0 Å². The first-order chi connectivity index (χ1) is 8.90. The molecule has 0 aliphatic rings. The van der Waals surface area contributed by atoms with Crippen LogP contribution in [0.15, 0.2) is 18.2 Å². The minimum absolute atomic E-state index is 0.163. The fourth-order valence-electron chi connectivity index (χ4n) is 1.93. The second-order valence-electron chi connectivity index (χ2n) is 5.06. The van der Waals surface area contributed by atoms with E-state index in [1.807, 2.05) is 0 Å². The smallest absolute Gasteiger partial charge is 0.146 e. The molecule has 0 aromatic heterocycles. The Hall–Kier alpha value is -0.710. The molecule has 2 N–H and O–H groups in total. The molecule has 0 fully saturated rings. The fraction of sp³-hybridized carbons (Fsp3) is 0.500. The van der Waals surface area contributed by atoms with Crippen molar-refractivity contribution in [3.63, 3.8) is 0 Å². The first-order valence-electron chi connectivity index (χ1n) is 6.33. The van der Waals surface area contributed by atoms with E-state index in [1.54, 1.807) is 18.2 Å². The van der Waals surface area contributed by atoms with Crippen molar-refractivity contribution in [2.45, 2.75) is 26.8 Å². The number of rotatable bonds is 7. The minimum atomic E-state index is -0.340.